The average Bonchev–Trinajstić information content (AvgIpc) is 2.44. The summed E-state index contributed by atoms with van der Waals surface area (Å²) in [7, 11) is 0. The molecule has 0 unspecified atom stereocenters. The SMILES string of the molecule is CC(=O)Cc1nc(Cl)n2ccncc12. The molecule has 0 bridgehead atoms. The van der Waals surface area contributed by atoms with E-state index in [0.717, 1.165) is 5.52 Å². The average molecular weight is 210 g/mol. The molecular weight excluding hydrogens is 202 g/mol. The van der Waals surface area contributed by atoms with Crippen LogP contribution in [0.15, 0.2) is 18.6 Å². The summed E-state index contributed by atoms with van der Waals surface area (Å²) >= 11 is 5.87. The third kappa shape index (κ3) is 1.48. The predicted molar refractivity (Wildman–Crippen MR) is 52.4 cm³/mol. The van der Waals surface area contributed by atoms with E-state index in [-0.39, 0.29) is 5.78 Å². The molecule has 2 heterocycles. The van der Waals surface area contributed by atoms with Crippen LogP contribution in [0.4, 0.5) is 0 Å². The fourth-order valence-corrected chi connectivity index (χ4v) is 1.57. The van der Waals surface area contributed by atoms with Gasteiger partial charge < -0.3 is 0 Å². The van der Waals surface area contributed by atoms with Crippen molar-refractivity contribution in [1.82, 2.24) is 14.4 Å². The van der Waals surface area contributed by atoms with E-state index in [1.807, 2.05) is 0 Å². The van der Waals surface area contributed by atoms with Crippen LogP contribution in [-0.4, -0.2) is 20.2 Å². The highest BCUT2D eigenvalue weighted by molar-refractivity contribution is 6.28. The maximum atomic E-state index is 11.0. The van der Waals surface area contributed by atoms with Crippen LogP contribution >= 0.6 is 11.6 Å². The van der Waals surface area contributed by atoms with E-state index in [0.29, 0.717) is 17.4 Å². The second-order valence-electron chi connectivity index (χ2n) is 3.04. The molecule has 4 nitrogen and oxygen atoms in total. The van der Waals surface area contributed by atoms with Crippen LogP contribution in [0.2, 0.25) is 5.28 Å². The Hall–Kier alpha value is -1.42. The molecule has 0 spiro atoms. The number of rotatable bonds is 2. The molecule has 0 saturated carbocycles. The number of carbonyl (C=O) groups is 1. The van der Waals surface area contributed by atoms with Crippen molar-refractivity contribution >= 4 is 22.9 Å². The minimum Gasteiger partial charge on any atom is -0.300 e. The standard InChI is InChI=1S/C9H8ClN3O/c1-6(14)4-7-8-5-11-2-3-13(8)9(10)12-7/h2-3,5H,4H2,1H3. The van der Waals surface area contributed by atoms with Crippen LogP contribution in [-0.2, 0) is 11.2 Å². The highest BCUT2D eigenvalue weighted by Crippen LogP contribution is 2.16. The van der Waals surface area contributed by atoms with Crippen molar-refractivity contribution in [2.24, 2.45) is 0 Å². The first-order valence-electron chi connectivity index (χ1n) is 4.14. The van der Waals surface area contributed by atoms with E-state index in [4.69, 9.17) is 11.6 Å². The summed E-state index contributed by atoms with van der Waals surface area (Å²) in [4.78, 5) is 19.0. The fourth-order valence-electron chi connectivity index (χ4n) is 1.32. The van der Waals surface area contributed by atoms with Crippen molar-refractivity contribution in [2.75, 3.05) is 0 Å². The molecule has 0 aliphatic rings. The van der Waals surface area contributed by atoms with E-state index in [1.54, 1.807) is 23.0 Å². The first-order chi connectivity index (χ1) is 6.68. The number of imidazole rings is 1. The van der Waals surface area contributed by atoms with Crippen LogP contribution in [0.5, 0.6) is 0 Å². The van der Waals surface area contributed by atoms with Gasteiger partial charge in [0, 0.05) is 12.4 Å². The molecule has 0 saturated heterocycles. The Labute approximate surface area is 85.5 Å². The molecule has 0 amide bonds. The molecule has 0 aromatic carbocycles. The number of hydrogen-bond acceptors (Lipinski definition) is 3. The van der Waals surface area contributed by atoms with Crippen molar-refractivity contribution in [2.45, 2.75) is 13.3 Å². The van der Waals surface area contributed by atoms with E-state index >= 15 is 0 Å². The van der Waals surface area contributed by atoms with Crippen molar-refractivity contribution in [3.8, 4) is 0 Å². The summed E-state index contributed by atoms with van der Waals surface area (Å²) in [6, 6.07) is 0. The maximum Gasteiger partial charge on any atom is 0.207 e. The normalized spacial score (nSPS) is 10.7. The van der Waals surface area contributed by atoms with Gasteiger partial charge in [-0.05, 0) is 18.5 Å². The molecule has 0 atom stereocenters. The summed E-state index contributed by atoms with van der Waals surface area (Å²) in [6.07, 6.45) is 5.28. The summed E-state index contributed by atoms with van der Waals surface area (Å²) in [5.41, 5.74) is 1.46. The number of carbonyl (C=O) groups excluding carboxylic acids is 1. The van der Waals surface area contributed by atoms with Gasteiger partial charge >= 0.3 is 0 Å². The minimum absolute atomic E-state index is 0.0607. The van der Waals surface area contributed by atoms with E-state index < -0.39 is 0 Å². The topological polar surface area (TPSA) is 47.3 Å². The molecule has 0 radical (unpaired) electrons. The first-order valence-corrected chi connectivity index (χ1v) is 4.52. The highest BCUT2D eigenvalue weighted by Gasteiger charge is 2.10. The molecule has 14 heavy (non-hydrogen) atoms. The van der Waals surface area contributed by atoms with Gasteiger partial charge in [-0.25, -0.2) is 4.98 Å². The van der Waals surface area contributed by atoms with Gasteiger partial charge in [0.25, 0.3) is 0 Å². The Balaban J connectivity index is 2.60. The second kappa shape index (κ2) is 3.38. The number of Topliss-reactive ketones (excluding diaryl/α,β-unsaturated/α-hetero) is 1. The van der Waals surface area contributed by atoms with Crippen LogP contribution in [0.1, 0.15) is 12.6 Å². The fraction of sp³-hybridized carbons (Fsp3) is 0.222. The molecule has 0 fully saturated rings. The quantitative estimate of drug-likeness (QED) is 0.754. The van der Waals surface area contributed by atoms with Crippen molar-refractivity contribution in [1.29, 1.82) is 0 Å². The number of hydrogen-bond donors (Lipinski definition) is 0. The smallest absolute Gasteiger partial charge is 0.207 e. The lowest BCUT2D eigenvalue weighted by Gasteiger charge is -1.93. The van der Waals surface area contributed by atoms with Gasteiger partial charge in [0.2, 0.25) is 5.28 Å². The Morgan fingerprint density at radius 2 is 2.43 bits per heavy atom. The van der Waals surface area contributed by atoms with Gasteiger partial charge in [-0.2, -0.15) is 0 Å². The first kappa shape index (κ1) is 9.15. The number of ketones is 1. The maximum absolute atomic E-state index is 11.0. The highest BCUT2D eigenvalue weighted by atomic mass is 35.5. The monoisotopic (exact) mass is 209 g/mol. The van der Waals surface area contributed by atoms with Gasteiger partial charge in [-0.3, -0.25) is 14.2 Å². The predicted octanol–water partition coefficient (Wildman–Crippen LogP) is 1.51. The van der Waals surface area contributed by atoms with Crippen LogP contribution in [0.3, 0.4) is 0 Å². The second-order valence-corrected chi connectivity index (χ2v) is 3.38. The summed E-state index contributed by atoms with van der Waals surface area (Å²) in [6.45, 7) is 1.52. The molecule has 72 valence electrons. The van der Waals surface area contributed by atoms with E-state index in [9.17, 15) is 4.79 Å². The van der Waals surface area contributed by atoms with Crippen molar-refractivity contribution < 1.29 is 4.79 Å². The van der Waals surface area contributed by atoms with Crippen LogP contribution in [0, 0.1) is 0 Å². The van der Waals surface area contributed by atoms with E-state index in [1.165, 1.54) is 6.92 Å². The largest absolute Gasteiger partial charge is 0.300 e. The lowest BCUT2D eigenvalue weighted by atomic mass is 10.2. The third-order valence-electron chi connectivity index (χ3n) is 1.90. The number of halogens is 1. The van der Waals surface area contributed by atoms with Crippen molar-refractivity contribution in [3.05, 3.63) is 29.6 Å². The Bertz CT molecular complexity index is 492. The molecular formula is C9H8ClN3O. The molecule has 0 N–H and O–H groups in total. The van der Waals surface area contributed by atoms with Crippen LogP contribution in [0.25, 0.3) is 5.52 Å². The molecule has 2 rings (SSSR count). The number of aromatic nitrogens is 3. The van der Waals surface area contributed by atoms with Gasteiger partial charge in [-0.1, -0.05) is 0 Å². The molecule has 0 aliphatic carbocycles. The molecule has 0 aliphatic heterocycles. The Kier molecular flexibility index (Phi) is 2.21. The number of nitrogens with zero attached hydrogens (tertiary/aromatic N) is 3. The van der Waals surface area contributed by atoms with Gasteiger partial charge in [0.15, 0.2) is 0 Å². The summed E-state index contributed by atoms with van der Waals surface area (Å²) in [5.74, 6) is 0.0607. The van der Waals surface area contributed by atoms with Crippen molar-refractivity contribution in [3.63, 3.8) is 0 Å². The van der Waals surface area contributed by atoms with E-state index in [2.05, 4.69) is 9.97 Å². The molecule has 5 heteroatoms. The lowest BCUT2D eigenvalue weighted by Crippen LogP contribution is -1.97. The summed E-state index contributed by atoms with van der Waals surface area (Å²) in [5, 5.41) is 0.360. The van der Waals surface area contributed by atoms with Gasteiger partial charge in [0.05, 0.1) is 23.8 Å². The Morgan fingerprint density at radius 3 is 3.14 bits per heavy atom. The minimum atomic E-state index is 0.0607. The third-order valence-corrected chi connectivity index (χ3v) is 2.16. The zero-order valence-electron chi connectivity index (χ0n) is 7.57. The molecule has 2 aromatic rings. The van der Waals surface area contributed by atoms with Gasteiger partial charge in [0.1, 0.15) is 5.78 Å². The molecule has 2 aromatic heterocycles. The van der Waals surface area contributed by atoms with Gasteiger partial charge in [-0.15, -0.1) is 0 Å². The van der Waals surface area contributed by atoms with Crippen LogP contribution < -0.4 is 0 Å². The lowest BCUT2D eigenvalue weighted by molar-refractivity contribution is -0.116. The zero-order valence-corrected chi connectivity index (χ0v) is 8.32. The number of fused-ring (bicyclic) bond motifs is 1. The Morgan fingerprint density at radius 1 is 1.64 bits per heavy atom. The summed E-state index contributed by atoms with van der Waals surface area (Å²) < 4.78 is 1.70. The zero-order chi connectivity index (χ0) is 10.1.